The van der Waals surface area contributed by atoms with E-state index in [1.165, 1.54) is 17.6 Å². The third-order valence-corrected chi connectivity index (χ3v) is 3.18. The van der Waals surface area contributed by atoms with E-state index in [4.69, 9.17) is 0 Å². The van der Waals surface area contributed by atoms with Crippen molar-refractivity contribution in [1.82, 2.24) is 9.55 Å². The zero-order valence-corrected chi connectivity index (χ0v) is 13.9. The summed E-state index contributed by atoms with van der Waals surface area (Å²) in [7, 11) is 0. The minimum Gasteiger partial charge on any atom is -0.507 e. The molecule has 0 atom stereocenters. The Morgan fingerprint density at radius 1 is 1.18 bits per heavy atom. The van der Waals surface area contributed by atoms with Crippen LogP contribution in [-0.2, 0) is 0 Å². The van der Waals surface area contributed by atoms with Crippen LogP contribution in [-0.4, -0.2) is 20.4 Å². The lowest BCUT2D eigenvalue weighted by atomic mass is 10.1. The fourth-order valence-electron chi connectivity index (χ4n) is 2.20. The second-order valence-electron chi connectivity index (χ2n) is 4.85. The van der Waals surface area contributed by atoms with Crippen molar-refractivity contribution in [2.75, 3.05) is 0 Å². The summed E-state index contributed by atoms with van der Waals surface area (Å²) in [5.41, 5.74) is 2.12. The number of aryl methyl sites for hydroxylation is 3. The van der Waals surface area contributed by atoms with Gasteiger partial charge in [0, 0.05) is 23.7 Å². The molecule has 0 aliphatic rings. The van der Waals surface area contributed by atoms with Crippen molar-refractivity contribution >= 4 is 5.78 Å². The predicted octanol–water partition coefficient (Wildman–Crippen LogP) is 3.09. The minimum atomic E-state index is -0.510. The summed E-state index contributed by atoms with van der Waals surface area (Å²) >= 11 is 0. The molecule has 0 aromatic carbocycles. The van der Waals surface area contributed by atoms with E-state index in [0.717, 1.165) is 11.3 Å². The lowest BCUT2D eigenvalue weighted by Gasteiger charge is -2.15. The third-order valence-electron chi connectivity index (χ3n) is 3.18. The zero-order valence-electron chi connectivity index (χ0n) is 13.9. The summed E-state index contributed by atoms with van der Waals surface area (Å²) in [5, 5.41) is 9.79. The molecular formula is C17H22N2O3. The SMILES string of the molecule is CC.CC(=O)c1c(O)cc(C)n(-c2cc(C)ncc2C)c1=O. The lowest BCUT2D eigenvalue weighted by molar-refractivity contribution is 0.101. The maximum Gasteiger partial charge on any atom is 0.269 e. The Kier molecular flexibility index (Phi) is 5.63. The Morgan fingerprint density at radius 3 is 2.32 bits per heavy atom. The van der Waals surface area contributed by atoms with Crippen molar-refractivity contribution in [2.45, 2.75) is 41.5 Å². The molecule has 118 valence electrons. The Balaban J connectivity index is 0.00000116. The molecule has 1 N–H and O–H groups in total. The predicted molar refractivity (Wildman–Crippen MR) is 87.1 cm³/mol. The molecule has 0 fully saturated rings. The van der Waals surface area contributed by atoms with E-state index < -0.39 is 11.3 Å². The zero-order chi connectivity index (χ0) is 17.0. The molecule has 2 aromatic heterocycles. The summed E-state index contributed by atoms with van der Waals surface area (Å²) in [4.78, 5) is 28.2. The van der Waals surface area contributed by atoms with Crippen LogP contribution in [0.3, 0.4) is 0 Å². The van der Waals surface area contributed by atoms with E-state index in [0.29, 0.717) is 11.4 Å². The maximum absolute atomic E-state index is 12.5. The quantitative estimate of drug-likeness (QED) is 0.865. The van der Waals surface area contributed by atoms with E-state index in [1.54, 1.807) is 19.2 Å². The molecule has 0 unspecified atom stereocenters. The number of hydrogen-bond acceptors (Lipinski definition) is 4. The van der Waals surface area contributed by atoms with Gasteiger partial charge in [-0.15, -0.1) is 0 Å². The van der Waals surface area contributed by atoms with Crippen molar-refractivity contribution in [2.24, 2.45) is 0 Å². The summed E-state index contributed by atoms with van der Waals surface area (Å²) in [6.07, 6.45) is 1.68. The number of aromatic hydroxyl groups is 1. The fraction of sp³-hybridized carbons (Fsp3) is 0.353. The highest BCUT2D eigenvalue weighted by atomic mass is 16.3. The van der Waals surface area contributed by atoms with Crippen LogP contribution >= 0.6 is 0 Å². The summed E-state index contributed by atoms with van der Waals surface area (Å²) in [5.74, 6) is -0.732. The molecule has 22 heavy (non-hydrogen) atoms. The first-order valence-electron chi connectivity index (χ1n) is 7.23. The number of pyridine rings is 2. The molecule has 2 heterocycles. The van der Waals surface area contributed by atoms with Gasteiger partial charge in [-0.3, -0.25) is 19.1 Å². The van der Waals surface area contributed by atoms with E-state index in [2.05, 4.69) is 4.98 Å². The Hall–Kier alpha value is -2.43. The van der Waals surface area contributed by atoms with Gasteiger partial charge in [-0.2, -0.15) is 0 Å². The average molecular weight is 302 g/mol. The summed E-state index contributed by atoms with van der Waals surface area (Å²) in [6, 6.07) is 3.21. The van der Waals surface area contributed by atoms with Gasteiger partial charge in [0.1, 0.15) is 11.3 Å². The monoisotopic (exact) mass is 302 g/mol. The molecule has 2 rings (SSSR count). The van der Waals surface area contributed by atoms with Crippen LogP contribution < -0.4 is 5.56 Å². The highest BCUT2D eigenvalue weighted by Crippen LogP contribution is 2.20. The van der Waals surface area contributed by atoms with E-state index >= 15 is 0 Å². The van der Waals surface area contributed by atoms with Gasteiger partial charge in [0.15, 0.2) is 5.78 Å². The molecule has 0 bridgehead atoms. The highest BCUT2D eigenvalue weighted by Gasteiger charge is 2.18. The van der Waals surface area contributed by atoms with Crippen molar-refractivity contribution in [3.05, 3.63) is 51.2 Å². The molecule has 0 spiro atoms. The fourth-order valence-corrected chi connectivity index (χ4v) is 2.20. The molecule has 0 radical (unpaired) electrons. The lowest BCUT2D eigenvalue weighted by Crippen LogP contribution is -2.26. The normalized spacial score (nSPS) is 9.91. The van der Waals surface area contributed by atoms with E-state index in [1.807, 2.05) is 27.7 Å². The van der Waals surface area contributed by atoms with Crippen LogP contribution in [0.5, 0.6) is 5.75 Å². The highest BCUT2D eigenvalue weighted by molar-refractivity contribution is 5.96. The van der Waals surface area contributed by atoms with Crippen molar-refractivity contribution < 1.29 is 9.90 Å². The topological polar surface area (TPSA) is 72.2 Å². The molecular weight excluding hydrogens is 280 g/mol. The van der Waals surface area contributed by atoms with Gasteiger partial charge in [0.2, 0.25) is 0 Å². The number of aromatic nitrogens is 2. The Bertz CT molecular complexity index is 761. The number of Topliss-reactive ketones (excluding diaryl/α,β-unsaturated/α-hetero) is 1. The van der Waals surface area contributed by atoms with Gasteiger partial charge in [-0.05, 0) is 39.3 Å². The number of carbonyl (C=O) groups excluding carboxylic acids is 1. The number of hydrogen-bond donors (Lipinski definition) is 1. The van der Waals surface area contributed by atoms with Crippen LogP contribution in [0.4, 0.5) is 0 Å². The van der Waals surface area contributed by atoms with Gasteiger partial charge >= 0.3 is 0 Å². The molecule has 0 aliphatic carbocycles. The molecule has 2 aromatic rings. The van der Waals surface area contributed by atoms with Crippen LogP contribution in [0.2, 0.25) is 0 Å². The van der Waals surface area contributed by atoms with Crippen LogP contribution in [0.25, 0.3) is 5.69 Å². The van der Waals surface area contributed by atoms with Gasteiger partial charge in [-0.25, -0.2) is 0 Å². The molecule has 0 amide bonds. The largest absolute Gasteiger partial charge is 0.507 e. The van der Waals surface area contributed by atoms with Crippen molar-refractivity contribution in [3.8, 4) is 11.4 Å². The smallest absolute Gasteiger partial charge is 0.269 e. The number of nitrogens with zero attached hydrogens (tertiary/aromatic N) is 2. The van der Waals surface area contributed by atoms with E-state index in [9.17, 15) is 14.7 Å². The molecule has 5 nitrogen and oxygen atoms in total. The Labute approximate surface area is 130 Å². The average Bonchev–Trinajstić information content (AvgIpc) is 2.43. The standard InChI is InChI=1S/C15H16N2O3.C2H6/c1-8-7-16-9(2)5-12(8)17-10(3)6-13(19)14(11(4)18)15(17)20;1-2/h5-7,19H,1-4H3;1-2H3. The van der Waals surface area contributed by atoms with Gasteiger partial charge in [-0.1, -0.05) is 13.8 Å². The number of ketones is 1. The molecule has 0 saturated carbocycles. The first kappa shape index (κ1) is 17.6. The first-order chi connectivity index (χ1) is 10.3. The van der Waals surface area contributed by atoms with E-state index in [-0.39, 0.29) is 11.3 Å². The second-order valence-corrected chi connectivity index (χ2v) is 4.85. The molecule has 0 aliphatic heterocycles. The summed E-state index contributed by atoms with van der Waals surface area (Å²) < 4.78 is 1.43. The maximum atomic E-state index is 12.5. The summed E-state index contributed by atoms with van der Waals surface area (Å²) in [6.45, 7) is 10.6. The molecule has 5 heteroatoms. The van der Waals surface area contributed by atoms with Crippen LogP contribution in [0.1, 0.15) is 48.1 Å². The van der Waals surface area contributed by atoms with Crippen LogP contribution in [0.15, 0.2) is 23.1 Å². The molecule has 0 saturated heterocycles. The van der Waals surface area contributed by atoms with Gasteiger partial charge in [0.05, 0.1) is 5.69 Å². The number of carbonyl (C=O) groups is 1. The van der Waals surface area contributed by atoms with Crippen LogP contribution in [0, 0.1) is 20.8 Å². The minimum absolute atomic E-state index is 0.190. The van der Waals surface area contributed by atoms with Gasteiger partial charge < -0.3 is 5.11 Å². The van der Waals surface area contributed by atoms with Crippen molar-refractivity contribution in [3.63, 3.8) is 0 Å². The number of rotatable bonds is 2. The Morgan fingerprint density at radius 2 is 1.77 bits per heavy atom. The van der Waals surface area contributed by atoms with Gasteiger partial charge in [0.25, 0.3) is 5.56 Å². The third kappa shape index (κ3) is 3.24. The first-order valence-corrected chi connectivity index (χ1v) is 7.23. The second kappa shape index (κ2) is 7.02. The van der Waals surface area contributed by atoms with Crippen molar-refractivity contribution in [1.29, 1.82) is 0 Å².